The van der Waals surface area contributed by atoms with E-state index in [4.69, 9.17) is 0 Å². The fourth-order valence-electron chi connectivity index (χ4n) is 1.77. The molecule has 0 atom stereocenters. The Morgan fingerprint density at radius 1 is 1.05 bits per heavy atom. The van der Waals surface area contributed by atoms with Crippen molar-refractivity contribution in [3.63, 3.8) is 0 Å². The minimum Gasteiger partial charge on any atom is -0.374 e. The average molecular weight is 294 g/mol. The highest BCUT2D eigenvalue weighted by Crippen LogP contribution is 2.15. The van der Waals surface area contributed by atoms with Crippen LogP contribution in [-0.4, -0.2) is 12.5 Å². The van der Waals surface area contributed by atoms with Gasteiger partial charge in [-0.2, -0.15) is 0 Å². The van der Waals surface area contributed by atoms with E-state index in [9.17, 15) is 18.0 Å². The summed E-state index contributed by atoms with van der Waals surface area (Å²) in [5.41, 5.74) is 0.947. The third-order valence-corrected chi connectivity index (χ3v) is 2.71. The van der Waals surface area contributed by atoms with E-state index >= 15 is 0 Å². The fourth-order valence-corrected chi connectivity index (χ4v) is 1.77. The minimum atomic E-state index is -0.789. The molecule has 0 saturated carbocycles. The Hall–Kier alpha value is -2.50. The number of benzene rings is 2. The monoisotopic (exact) mass is 294 g/mol. The van der Waals surface area contributed by atoms with Crippen molar-refractivity contribution in [3.05, 3.63) is 59.4 Å². The second-order valence-electron chi connectivity index (χ2n) is 4.54. The number of aryl methyl sites for hydroxylation is 1. The lowest BCUT2D eigenvalue weighted by molar-refractivity contribution is -0.114. The minimum absolute atomic E-state index is 0.00341. The van der Waals surface area contributed by atoms with E-state index in [1.165, 1.54) is 12.1 Å². The zero-order valence-corrected chi connectivity index (χ0v) is 11.2. The van der Waals surface area contributed by atoms with Gasteiger partial charge in [-0.15, -0.1) is 0 Å². The first-order valence-corrected chi connectivity index (χ1v) is 6.20. The van der Waals surface area contributed by atoms with E-state index in [1.807, 2.05) is 0 Å². The SMILES string of the molecule is Cc1ccc(NCC(=O)Nc2cc(F)cc(F)c2)c(F)c1. The maximum Gasteiger partial charge on any atom is 0.243 e. The lowest BCUT2D eigenvalue weighted by atomic mass is 10.2. The van der Waals surface area contributed by atoms with E-state index in [0.717, 1.165) is 17.7 Å². The molecule has 0 aliphatic carbocycles. The van der Waals surface area contributed by atoms with Crippen molar-refractivity contribution in [3.8, 4) is 0 Å². The molecular formula is C15H13F3N2O. The molecule has 3 nitrogen and oxygen atoms in total. The topological polar surface area (TPSA) is 41.1 Å². The van der Waals surface area contributed by atoms with Crippen LogP contribution in [0.1, 0.15) is 5.56 Å². The highest BCUT2D eigenvalue weighted by atomic mass is 19.1. The molecule has 21 heavy (non-hydrogen) atoms. The number of nitrogens with one attached hydrogen (secondary N) is 2. The van der Waals surface area contributed by atoms with Gasteiger partial charge in [0.25, 0.3) is 0 Å². The Morgan fingerprint density at radius 2 is 1.71 bits per heavy atom. The molecule has 0 saturated heterocycles. The summed E-state index contributed by atoms with van der Waals surface area (Å²) in [5.74, 6) is -2.59. The van der Waals surface area contributed by atoms with Gasteiger partial charge in [0.1, 0.15) is 17.5 Å². The van der Waals surface area contributed by atoms with E-state index in [0.29, 0.717) is 6.07 Å². The highest BCUT2D eigenvalue weighted by Gasteiger charge is 2.07. The largest absolute Gasteiger partial charge is 0.374 e. The number of rotatable bonds is 4. The number of amides is 1. The number of halogens is 3. The average Bonchev–Trinajstić information content (AvgIpc) is 2.36. The Kier molecular flexibility index (Phi) is 4.47. The van der Waals surface area contributed by atoms with Crippen molar-refractivity contribution < 1.29 is 18.0 Å². The van der Waals surface area contributed by atoms with Crippen LogP contribution in [0.3, 0.4) is 0 Å². The Labute approximate surface area is 119 Å². The molecule has 2 aromatic rings. The van der Waals surface area contributed by atoms with E-state index in [2.05, 4.69) is 10.6 Å². The van der Waals surface area contributed by atoms with Crippen molar-refractivity contribution in [2.45, 2.75) is 6.92 Å². The van der Waals surface area contributed by atoms with Gasteiger partial charge in [0.15, 0.2) is 0 Å². The second kappa shape index (κ2) is 6.30. The predicted octanol–water partition coefficient (Wildman–Crippen LogP) is 3.46. The fraction of sp³-hybridized carbons (Fsp3) is 0.133. The first-order chi connectivity index (χ1) is 9.94. The summed E-state index contributed by atoms with van der Waals surface area (Å²) >= 11 is 0. The van der Waals surface area contributed by atoms with E-state index < -0.39 is 23.4 Å². The van der Waals surface area contributed by atoms with Crippen LogP contribution in [0.5, 0.6) is 0 Å². The third-order valence-electron chi connectivity index (χ3n) is 2.71. The van der Waals surface area contributed by atoms with E-state index in [-0.39, 0.29) is 17.9 Å². The van der Waals surface area contributed by atoms with Crippen LogP contribution in [0.15, 0.2) is 36.4 Å². The van der Waals surface area contributed by atoms with Crippen molar-refractivity contribution >= 4 is 17.3 Å². The van der Waals surface area contributed by atoms with Crippen LogP contribution in [0.4, 0.5) is 24.5 Å². The van der Waals surface area contributed by atoms with Crippen LogP contribution in [-0.2, 0) is 4.79 Å². The van der Waals surface area contributed by atoms with Crippen LogP contribution in [0, 0.1) is 24.4 Å². The zero-order chi connectivity index (χ0) is 15.4. The number of carbonyl (C=O) groups excluding carboxylic acids is 1. The Morgan fingerprint density at radius 3 is 2.33 bits per heavy atom. The number of hydrogen-bond acceptors (Lipinski definition) is 2. The Balaban J connectivity index is 1.95. The highest BCUT2D eigenvalue weighted by molar-refractivity contribution is 5.93. The molecule has 0 aliphatic heterocycles. The number of hydrogen-bond donors (Lipinski definition) is 2. The van der Waals surface area contributed by atoms with Crippen LogP contribution in [0.2, 0.25) is 0 Å². The molecule has 0 radical (unpaired) electrons. The summed E-state index contributed by atoms with van der Waals surface area (Å²) < 4.78 is 39.5. The van der Waals surface area contributed by atoms with Crippen molar-refractivity contribution in [1.29, 1.82) is 0 Å². The molecule has 0 heterocycles. The van der Waals surface area contributed by atoms with Gasteiger partial charge in [-0.05, 0) is 36.8 Å². The third kappa shape index (κ3) is 4.24. The van der Waals surface area contributed by atoms with Gasteiger partial charge in [0.2, 0.25) is 5.91 Å². The lowest BCUT2D eigenvalue weighted by Gasteiger charge is -2.09. The molecule has 0 unspecified atom stereocenters. The lowest BCUT2D eigenvalue weighted by Crippen LogP contribution is -2.22. The van der Waals surface area contributed by atoms with Crippen molar-refractivity contribution in [1.82, 2.24) is 0 Å². The molecule has 0 bridgehead atoms. The molecule has 0 aromatic heterocycles. The molecule has 2 N–H and O–H groups in total. The molecular weight excluding hydrogens is 281 g/mol. The number of carbonyl (C=O) groups is 1. The van der Waals surface area contributed by atoms with E-state index in [1.54, 1.807) is 13.0 Å². The van der Waals surface area contributed by atoms with Gasteiger partial charge in [0, 0.05) is 11.8 Å². The molecule has 0 aliphatic rings. The first-order valence-electron chi connectivity index (χ1n) is 6.20. The normalized spacial score (nSPS) is 10.3. The zero-order valence-electron chi connectivity index (χ0n) is 11.2. The van der Waals surface area contributed by atoms with Gasteiger partial charge >= 0.3 is 0 Å². The summed E-state index contributed by atoms with van der Waals surface area (Å²) in [4.78, 5) is 11.6. The summed E-state index contributed by atoms with van der Waals surface area (Å²) in [7, 11) is 0. The standard InChI is InChI=1S/C15H13F3N2O/c1-9-2-3-14(13(18)4-9)19-8-15(21)20-12-6-10(16)5-11(17)7-12/h2-7,19H,8H2,1H3,(H,20,21). The predicted molar refractivity (Wildman–Crippen MR) is 74.6 cm³/mol. The molecule has 110 valence electrons. The number of anilines is 2. The molecule has 6 heteroatoms. The van der Waals surface area contributed by atoms with Crippen LogP contribution in [0.25, 0.3) is 0 Å². The molecule has 2 aromatic carbocycles. The van der Waals surface area contributed by atoms with Gasteiger partial charge in [0.05, 0.1) is 12.2 Å². The van der Waals surface area contributed by atoms with Gasteiger partial charge < -0.3 is 10.6 Å². The molecule has 1 amide bonds. The van der Waals surface area contributed by atoms with Crippen molar-refractivity contribution in [2.24, 2.45) is 0 Å². The summed E-state index contributed by atoms with van der Waals surface area (Å²) in [6.07, 6.45) is 0. The second-order valence-corrected chi connectivity index (χ2v) is 4.54. The first kappa shape index (κ1) is 14.9. The summed E-state index contributed by atoms with van der Waals surface area (Å²) in [6.45, 7) is 1.52. The van der Waals surface area contributed by atoms with Gasteiger partial charge in [-0.1, -0.05) is 6.07 Å². The molecule has 0 fully saturated rings. The summed E-state index contributed by atoms with van der Waals surface area (Å²) in [5, 5.41) is 4.94. The van der Waals surface area contributed by atoms with Crippen LogP contribution >= 0.6 is 0 Å². The smallest absolute Gasteiger partial charge is 0.243 e. The molecule has 0 spiro atoms. The van der Waals surface area contributed by atoms with Gasteiger partial charge in [-0.3, -0.25) is 4.79 Å². The van der Waals surface area contributed by atoms with Crippen molar-refractivity contribution in [2.75, 3.05) is 17.2 Å². The quantitative estimate of drug-likeness (QED) is 0.906. The van der Waals surface area contributed by atoms with Gasteiger partial charge in [-0.25, -0.2) is 13.2 Å². The van der Waals surface area contributed by atoms with Crippen LogP contribution < -0.4 is 10.6 Å². The maximum atomic E-state index is 13.5. The Bertz CT molecular complexity index is 654. The summed E-state index contributed by atoms with van der Waals surface area (Å²) in [6, 6.07) is 7.24. The molecule has 2 rings (SSSR count). The maximum absolute atomic E-state index is 13.5.